The third-order valence-electron chi connectivity index (χ3n) is 3.91. The summed E-state index contributed by atoms with van der Waals surface area (Å²) in [6, 6.07) is 0. The first-order valence-electron chi connectivity index (χ1n) is 8.00. The topological polar surface area (TPSA) is 100 Å². The SMILES string of the molecule is CCc1c(C(=O)Nc2cnn(CC(=O)N(C)C)c2)[nH]c(C)c1C(C)=O. The lowest BCUT2D eigenvalue weighted by molar-refractivity contribution is -0.129. The van der Waals surface area contributed by atoms with Crippen molar-refractivity contribution in [1.29, 1.82) is 0 Å². The van der Waals surface area contributed by atoms with Gasteiger partial charge in [-0.25, -0.2) is 0 Å². The Morgan fingerprint density at radius 1 is 1.32 bits per heavy atom. The first-order valence-corrected chi connectivity index (χ1v) is 8.00. The van der Waals surface area contributed by atoms with Gasteiger partial charge in [-0.3, -0.25) is 19.1 Å². The summed E-state index contributed by atoms with van der Waals surface area (Å²) in [7, 11) is 3.34. The molecule has 0 bridgehead atoms. The molecule has 134 valence electrons. The zero-order valence-corrected chi connectivity index (χ0v) is 15.1. The first-order chi connectivity index (χ1) is 11.7. The molecule has 2 aromatic rings. The van der Waals surface area contributed by atoms with Crippen molar-refractivity contribution in [3.8, 4) is 0 Å². The number of aromatic nitrogens is 3. The molecule has 0 fully saturated rings. The smallest absolute Gasteiger partial charge is 0.272 e. The number of hydrogen-bond acceptors (Lipinski definition) is 4. The Morgan fingerprint density at radius 2 is 2.00 bits per heavy atom. The molecule has 2 rings (SSSR count). The number of rotatable bonds is 6. The maximum Gasteiger partial charge on any atom is 0.272 e. The van der Waals surface area contributed by atoms with E-state index in [0.29, 0.717) is 34.6 Å². The van der Waals surface area contributed by atoms with Crippen LogP contribution < -0.4 is 5.32 Å². The molecule has 25 heavy (non-hydrogen) atoms. The van der Waals surface area contributed by atoms with Gasteiger partial charge in [-0.2, -0.15) is 5.10 Å². The molecular formula is C17H23N5O3. The molecule has 2 N–H and O–H groups in total. The van der Waals surface area contributed by atoms with Crippen LogP contribution in [-0.2, 0) is 17.8 Å². The van der Waals surface area contributed by atoms with Crippen molar-refractivity contribution >= 4 is 23.3 Å². The summed E-state index contributed by atoms with van der Waals surface area (Å²) in [5, 5.41) is 6.81. The number of carbonyl (C=O) groups excluding carboxylic acids is 3. The zero-order valence-electron chi connectivity index (χ0n) is 15.1. The van der Waals surface area contributed by atoms with Gasteiger partial charge in [-0.1, -0.05) is 6.92 Å². The van der Waals surface area contributed by atoms with E-state index in [9.17, 15) is 14.4 Å². The molecule has 2 amide bonds. The number of nitrogens with zero attached hydrogens (tertiary/aromatic N) is 3. The third kappa shape index (κ3) is 3.96. The minimum absolute atomic E-state index is 0.0698. The molecule has 0 spiro atoms. The summed E-state index contributed by atoms with van der Waals surface area (Å²) in [4.78, 5) is 40.5. The van der Waals surface area contributed by atoms with E-state index in [1.807, 2.05) is 6.92 Å². The number of aromatic amines is 1. The molecule has 0 radical (unpaired) electrons. The van der Waals surface area contributed by atoms with E-state index in [2.05, 4.69) is 15.4 Å². The second kappa shape index (κ2) is 7.33. The lowest BCUT2D eigenvalue weighted by Crippen LogP contribution is -2.26. The highest BCUT2D eigenvalue weighted by Gasteiger charge is 2.22. The van der Waals surface area contributed by atoms with Gasteiger partial charge in [0.05, 0.1) is 11.9 Å². The van der Waals surface area contributed by atoms with Crippen molar-refractivity contribution in [2.24, 2.45) is 0 Å². The molecule has 0 aliphatic carbocycles. The van der Waals surface area contributed by atoms with Crippen LogP contribution in [0.3, 0.4) is 0 Å². The Kier molecular flexibility index (Phi) is 5.41. The lowest BCUT2D eigenvalue weighted by Gasteiger charge is -2.09. The minimum atomic E-state index is -0.342. The highest BCUT2D eigenvalue weighted by atomic mass is 16.2. The first kappa shape index (κ1) is 18.4. The van der Waals surface area contributed by atoms with E-state index in [4.69, 9.17) is 0 Å². The van der Waals surface area contributed by atoms with Gasteiger partial charge in [-0.05, 0) is 25.8 Å². The van der Waals surface area contributed by atoms with Crippen molar-refractivity contribution in [2.45, 2.75) is 33.7 Å². The van der Waals surface area contributed by atoms with Crippen molar-refractivity contribution in [3.05, 3.63) is 34.9 Å². The fourth-order valence-corrected chi connectivity index (χ4v) is 2.69. The van der Waals surface area contributed by atoms with Gasteiger partial charge in [0.25, 0.3) is 5.91 Å². The number of carbonyl (C=O) groups is 3. The van der Waals surface area contributed by atoms with Gasteiger partial charge >= 0.3 is 0 Å². The van der Waals surface area contributed by atoms with Crippen molar-refractivity contribution in [1.82, 2.24) is 19.7 Å². The van der Waals surface area contributed by atoms with Crippen LogP contribution in [0.25, 0.3) is 0 Å². The van der Waals surface area contributed by atoms with Crippen molar-refractivity contribution in [3.63, 3.8) is 0 Å². The third-order valence-corrected chi connectivity index (χ3v) is 3.91. The predicted molar refractivity (Wildman–Crippen MR) is 93.8 cm³/mol. The Balaban J connectivity index is 2.18. The maximum atomic E-state index is 12.6. The van der Waals surface area contributed by atoms with E-state index >= 15 is 0 Å². The van der Waals surface area contributed by atoms with Crippen LogP contribution in [0.2, 0.25) is 0 Å². The highest BCUT2D eigenvalue weighted by molar-refractivity contribution is 6.07. The van der Waals surface area contributed by atoms with E-state index in [0.717, 1.165) is 0 Å². The van der Waals surface area contributed by atoms with Crippen LogP contribution in [0.1, 0.15) is 46.0 Å². The number of anilines is 1. The van der Waals surface area contributed by atoms with Gasteiger partial charge < -0.3 is 15.2 Å². The molecule has 0 atom stereocenters. The van der Waals surface area contributed by atoms with Gasteiger partial charge in [-0.15, -0.1) is 0 Å². The van der Waals surface area contributed by atoms with Gasteiger partial charge in [0, 0.05) is 31.5 Å². The number of hydrogen-bond donors (Lipinski definition) is 2. The molecule has 8 nitrogen and oxygen atoms in total. The molecule has 0 saturated heterocycles. The van der Waals surface area contributed by atoms with E-state index in [1.54, 1.807) is 27.2 Å². The van der Waals surface area contributed by atoms with Crippen LogP contribution in [0, 0.1) is 6.92 Å². The number of ketones is 1. The summed E-state index contributed by atoms with van der Waals surface area (Å²) in [6.45, 7) is 5.26. The number of amides is 2. The Bertz CT molecular complexity index is 816. The van der Waals surface area contributed by atoms with Crippen LogP contribution in [0.15, 0.2) is 12.4 Å². The summed E-state index contributed by atoms with van der Waals surface area (Å²) in [5.74, 6) is -0.508. The quantitative estimate of drug-likeness (QED) is 0.777. The molecular weight excluding hydrogens is 322 g/mol. The molecule has 2 heterocycles. The highest BCUT2D eigenvalue weighted by Crippen LogP contribution is 2.21. The average molecular weight is 345 g/mol. The number of nitrogens with one attached hydrogen (secondary N) is 2. The summed E-state index contributed by atoms with van der Waals surface area (Å²) in [5.41, 5.74) is 2.82. The maximum absolute atomic E-state index is 12.6. The normalized spacial score (nSPS) is 10.6. The standard InChI is InChI=1S/C17H23N5O3/c1-6-13-15(11(3)23)10(2)19-16(13)17(25)20-12-7-18-22(8-12)9-14(24)21(4)5/h7-8,19H,6,9H2,1-5H3,(H,20,25). The van der Waals surface area contributed by atoms with Crippen LogP contribution >= 0.6 is 0 Å². The average Bonchev–Trinajstić information content (AvgIpc) is 3.10. The number of aryl methyl sites for hydroxylation is 1. The molecule has 0 aliphatic rings. The molecule has 8 heteroatoms. The summed E-state index contributed by atoms with van der Waals surface area (Å²) in [6.07, 6.45) is 3.64. The van der Waals surface area contributed by atoms with E-state index < -0.39 is 0 Å². The monoisotopic (exact) mass is 345 g/mol. The summed E-state index contributed by atoms with van der Waals surface area (Å²) < 4.78 is 1.46. The van der Waals surface area contributed by atoms with Crippen molar-refractivity contribution in [2.75, 3.05) is 19.4 Å². The van der Waals surface area contributed by atoms with Gasteiger partial charge in [0.1, 0.15) is 12.2 Å². The number of H-pyrrole nitrogens is 1. The van der Waals surface area contributed by atoms with E-state index in [-0.39, 0.29) is 24.1 Å². The van der Waals surface area contributed by atoms with Crippen LogP contribution in [-0.4, -0.2) is 51.4 Å². The van der Waals surface area contributed by atoms with Crippen LogP contribution in [0.5, 0.6) is 0 Å². The molecule has 0 saturated carbocycles. The fraction of sp³-hybridized carbons (Fsp3) is 0.412. The number of likely N-dealkylation sites (N-methyl/N-ethyl adjacent to an activating group) is 1. The molecule has 0 aliphatic heterocycles. The second-order valence-corrected chi connectivity index (χ2v) is 6.06. The van der Waals surface area contributed by atoms with E-state index in [1.165, 1.54) is 22.7 Å². The summed E-state index contributed by atoms with van der Waals surface area (Å²) >= 11 is 0. The lowest BCUT2D eigenvalue weighted by atomic mass is 10.0. The van der Waals surface area contributed by atoms with Crippen molar-refractivity contribution < 1.29 is 14.4 Å². The Morgan fingerprint density at radius 3 is 2.56 bits per heavy atom. The van der Waals surface area contributed by atoms with Crippen LogP contribution in [0.4, 0.5) is 5.69 Å². The second-order valence-electron chi connectivity index (χ2n) is 6.06. The Labute approximate surface area is 146 Å². The Hall–Kier alpha value is -2.90. The molecule has 0 unspecified atom stereocenters. The van der Waals surface area contributed by atoms with Gasteiger partial charge in [0.2, 0.25) is 5.91 Å². The zero-order chi connectivity index (χ0) is 18.7. The molecule has 2 aromatic heterocycles. The minimum Gasteiger partial charge on any atom is -0.354 e. The number of Topliss-reactive ketones (excluding diaryl/α,β-unsaturated/α-hetero) is 1. The molecule has 0 aromatic carbocycles. The predicted octanol–water partition coefficient (Wildman–Crippen LogP) is 1.63. The largest absolute Gasteiger partial charge is 0.354 e. The van der Waals surface area contributed by atoms with Gasteiger partial charge in [0.15, 0.2) is 5.78 Å². The fourth-order valence-electron chi connectivity index (χ4n) is 2.69.